The van der Waals surface area contributed by atoms with Gasteiger partial charge in [-0.1, -0.05) is 30.6 Å². The van der Waals surface area contributed by atoms with E-state index in [1.807, 2.05) is 0 Å². The third-order valence-corrected chi connectivity index (χ3v) is 5.91. The lowest BCUT2D eigenvalue weighted by molar-refractivity contribution is -0.141. The number of aromatic nitrogens is 1. The molecule has 0 aliphatic heterocycles. The highest BCUT2D eigenvalue weighted by Gasteiger charge is 2.21. The summed E-state index contributed by atoms with van der Waals surface area (Å²) in [5.41, 5.74) is 1.14. The minimum atomic E-state index is -0.430. The SMILES string of the molecule is CCOC(=O)c1ccc2c(c1)sc(=NC(=O)C1CCCCC1)n2CC(=O)OC. The van der Waals surface area contributed by atoms with E-state index in [9.17, 15) is 14.4 Å². The first kappa shape index (κ1) is 20.3. The van der Waals surface area contributed by atoms with Crippen molar-refractivity contribution in [2.24, 2.45) is 10.9 Å². The van der Waals surface area contributed by atoms with Crippen molar-refractivity contribution >= 4 is 39.4 Å². The lowest BCUT2D eigenvalue weighted by Crippen LogP contribution is -2.24. The van der Waals surface area contributed by atoms with E-state index in [0.717, 1.165) is 42.3 Å². The van der Waals surface area contributed by atoms with Crippen LogP contribution in [-0.4, -0.2) is 36.1 Å². The molecule has 1 saturated carbocycles. The van der Waals surface area contributed by atoms with Crippen LogP contribution in [0.3, 0.4) is 0 Å². The third kappa shape index (κ3) is 4.49. The first-order valence-electron chi connectivity index (χ1n) is 9.49. The number of benzene rings is 1. The second-order valence-corrected chi connectivity index (χ2v) is 7.74. The number of rotatable bonds is 5. The van der Waals surface area contributed by atoms with Crippen LogP contribution in [0.2, 0.25) is 0 Å². The summed E-state index contributed by atoms with van der Waals surface area (Å²) in [6.45, 7) is 1.99. The lowest BCUT2D eigenvalue weighted by atomic mass is 9.89. The molecule has 1 fully saturated rings. The van der Waals surface area contributed by atoms with Crippen LogP contribution < -0.4 is 4.80 Å². The molecule has 0 radical (unpaired) electrons. The van der Waals surface area contributed by atoms with E-state index < -0.39 is 11.9 Å². The summed E-state index contributed by atoms with van der Waals surface area (Å²) in [5, 5.41) is 0. The minimum Gasteiger partial charge on any atom is -0.468 e. The van der Waals surface area contributed by atoms with Crippen molar-refractivity contribution in [3.63, 3.8) is 0 Å². The quantitative estimate of drug-likeness (QED) is 0.715. The Balaban J connectivity index is 2.04. The van der Waals surface area contributed by atoms with Gasteiger partial charge in [0.25, 0.3) is 5.91 Å². The first-order chi connectivity index (χ1) is 13.5. The van der Waals surface area contributed by atoms with E-state index >= 15 is 0 Å². The zero-order chi connectivity index (χ0) is 20.1. The molecule has 1 aliphatic carbocycles. The number of nitrogens with zero attached hydrogens (tertiary/aromatic N) is 2. The van der Waals surface area contributed by atoms with Crippen LogP contribution in [-0.2, 0) is 25.6 Å². The first-order valence-corrected chi connectivity index (χ1v) is 10.3. The summed E-state index contributed by atoms with van der Waals surface area (Å²) in [4.78, 5) is 41.3. The Morgan fingerprint density at radius 1 is 1.21 bits per heavy atom. The zero-order valence-electron chi connectivity index (χ0n) is 16.1. The van der Waals surface area contributed by atoms with Crippen molar-refractivity contribution in [2.75, 3.05) is 13.7 Å². The van der Waals surface area contributed by atoms with Gasteiger partial charge in [0.05, 0.1) is 29.5 Å². The van der Waals surface area contributed by atoms with Crippen LogP contribution in [0.25, 0.3) is 10.2 Å². The number of methoxy groups -OCH3 is 1. The molecule has 0 spiro atoms. The topological polar surface area (TPSA) is 87.0 Å². The highest BCUT2D eigenvalue weighted by Crippen LogP contribution is 2.25. The van der Waals surface area contributed by atoms with Gasteiger partial charge in [-0.25, -0.2) is 4.79 Å². The maximum Gasteiger partial charge on any atom is 0.338 e. The van der Waals surface area contributed by atoms with E-state index in [1.54, 1.807) is 29.7 Å². The number of fused-ring (bicyclic) bond motifs is 1. The molecule has 150 valence electrons. The fraction of sp³-hybridized carbons (Fsp3) is 0.500. The van der Waals surface area contributed by atoms with E-state index in [2.05, 4.69) is 4.99 Å². The molecule has 0 bridgehead atoms. The zero-order valence-corrected chi connectivity index (χ0v) is 16.9. The average Bonchev–Trinajstić information content (AvgIpc) is 3.04. The van der Waals surface area contributed by atoms with Gasteiger partial charge in [0, 0.05) is 5.92 Å². The minimum absolute atomic E-state index is 0.0496. The van der Waals surface area contributed by atoms with Gasteiger partial charge in [-0.05, 0) is 38.0 Å². The number of esters is 2. The number of hydrogen-bond donors (Lipinski definition) is 0. The lowest BCUT2D eigenvalue weighted by Gasteiger charge is -2.17. The summed E-state index contributed by atoms with van der Waals surface area (Å²) in [5.74, 6) is -1.04. The van der Waals surface area contributed by atoms with Crippen LogP contribution in [0, 0.1) is 5.92 Å². The fourth-order valence-corrected chi connectivity index (χ4v) is 4.46. The molecular formula is C20H24N2O5S. The summed E-state index contributed by atoms with van der Waals surface area (Å²) < 4.78 is 12.3. The second-order valence-electron chi connectivity index (χ2n) is 6.73. The smallest absolute Gasteiger partial charge is 0.338 e. The maximum atomic E-state index is 12.6. The van der Waals surface area contributed by atoms with Crippen molar-refractivity contribution in [1.82, 2.24) is 4.57 Å². The predicted octanol–water partition coefficient (Wildman–Crippen LogP) is 3.06. The molecule has 8 heteroatoms. The van der Waals surface area contributed by atoms with Gasteiger partial charge in [-0.3, -0.25) is 9.59 Å². The van der Waals surface area contributed by atoms with E-state index in [0.29, 0.717) is 17.0 Å². The Hall–Kier alpha value is -2.48. The van der Waals surface area contributed by atoms with Crippen molar-refractivity contribution in [3.8, 4) is 0 Å². The molecule has 1 heterocycles. The summed E-state index contributed by atoms with van der Waals surface area (Å²) in [6.07, 6.45) is 4.97. The molecule has 0 unspecified atom stereocenters. The Bertz CT molecular complexity index is 953. The van der Waals surface area contributed by atoms with Crippen molar-refractivity contribution in [1.29, 1.82) is 0 Å². The molecule has 1 aromatic carbocycles. The average molecular weight is 404 g/mol. The Morgan fingerprint density at radius 2 is 1.96 bits per heavy atom. The van der Waals surface area contributed by atoms with Crippen LogP contribution in [0.4, 0.5) is 0 Å². The molecular weight excluding hydrogens is 380 g/mol. The number of hydrogen-bond acceptors (Lipinski definition) is 6. The van der Waals surface area contributed by atoms with Gasteiger partial charge in [-0.2, -0.15) is 4.99 Å². The Morgan fingerprint density at radius 3 is 2.64 bits per heavy atom. The normalized spacial score (nSPS) is 15.6. The maximum absolute atomic E-state index is 12.6. The van der Waals surface area contributed by atoms with Gasteiger partial charge >= 0.3 is 11.9 Å². The monoisotopic (exact) mass is 404 g/mol. The van der Waals surface area contributed by atoms with Crippen molar-refractivity contribution < 1.29 is 23.9 Å². The number of thiazole rings is 1. The summed E-state index contributed by atoms with van der Waals surface area (Å²) in [7, 11) is 1.32. The van der Waals surface area contributed by atoms with Gasteiger partial charge in [0.15, 0.2) is 4.80 Å². The van der Waals surface area contributed by atoms with Gasteiger partial charge in [0.1, 0.15) is 6.54 Å². The molecule has 1 amide bonds. The number of carbonyl (C=O) groups excluding carboxylic acids is 3. The highest BCUT2D eigenvalue weighted by molar-refractivity contribution is 7.16. The van der Waals surface area contributed by atoms with Crippen LogP contribution in [0.15, 0.2) is 23.2 Å². The van der Waals surface area contributed by atoms with Crippen LogP contribution >= 0.6 is 11.3 Å². The van der Waals surface area contributed by atoms with E-state index in [1.165, 1.54) is 18.4 Å². The van der Waals surface area contributed by atoms with Crippen LogP contribution in [0.1, 0.15) is 49.4 Å². The highest BCUT2D eigenvalue weighted by atomic mass is 32.1. The Kier molecular flexibility index (Phi) is 6.61. The van der Waals surface area contributed by atoms with Crippen molar-refractivity contribution in [2.45, 2.75) is 45.6 Å². The Labute approximate surface area is 167 Å². The molecule has 0 saturated heterocycles. The van der Waals surface area contributed by atoms with E-state index in [4.69, 9.17) is 9.47 Å². The number of carbonyl (C=O) groups is 3. The number of amides is 1. The number of ether oxygens (including phenoxy) is 2. The van der Waals surface area contributed by atoms with Gasteiger partial charge in [-0.15, -0.1) is 0 Å². The largest absolute Gasteiger partial charge is 0.468 e. The molecule has 0 N–H and O–H groups in total. The molecule has 0 atom stereocenters. The van der Waals surface area contributed by atoms with Gasteiger partial charge < -0.3 is 14.0 Å². The molecule has 7 nitrogen and oxygen atoms in total. The van der Waals surface area contributed by atoms with Gasteiger partial charge in [0.2, 0.25) is 0 Å². The molecule has 2 aromatic rings. The molecule has 1 aliphatic rings. The third-order valence-electron chi connectivity index (χ3n) is 4.87. The fourth-order valence-electron chi connectivity index (χ4n) is 3.38. The summed E-state index contributed by atoms with van der Waals surface area (Å²) in [6, 6.07) is 5.09. The molecule has 3 rings (SSSR count). The predicted molar refractivity (Wildman–Crippen MR) is 105 cm³/mol. The molecule has 28 heavy (non-hydrogen) atoms. The van der Waals surface area contributed by atoms with E-state index in [-0.39, 0.29) is 18.4 Å². The molecule has 1 aromatic heterocycles. The standard InChI is InChI=1S/C20H24N2O5S/c1-3-27-19(25)14-9-10-15-16(11-14)28-20(22(15)12-17(23)26-2)21-18(24)13-7-5-4-6-8-13/h9-11,13H,3-8,12H2,1-2H3. The van der Waals surface area contributed by atoms with Crippen molar-refractivity contribution in [3.05, 3.63) is 28.6 Å². The second kappa shape index (κ2) is 9.14. The summed E-state index contributed by atoms with van der Waals surface area (Å²) >= 11 is 1.28. The van der Waals surface area contributed by atoms with Crippen LogP contribution in [0.5, 0.6) is 0 Å².